The highest BCUT2D eigenvalue weighted by Gasteiger charge is 2.30. The van der Waals surface area contributed by atoms with Crippen molar-refractivity contribution in [1.29, 1.82) is 0 Å². The maximum Gasteiger partial charge on any atom is 0.410 e. The predicted molar refractivity (Wildman–Crippen MR) is 65.9 cm³/mol. The van der Waals surface area contributed by atoms with Crippen LogP contribution in [0.4, 0.5) is 4.79 Å². The van der Waals surface area contributed by atoms with Gasteiger partial charge in [0.15, 0.2) is 0 Å². The predicted octanol–water partition coefficient (Wildman–Crippen LogP) is 1.71. The minimum Gasteiger partial charge on any atom is -0.464 e. The lowest BCUT2D eigenvalue weighted by molar-refractivity contribution is 0.134. The number of carbonyl (C=O) groups is 1. The van der Waals surface area contributed by atoms with Gasteiger partial charge in [0.05, 0.1) is 19.4 Å². The molecule has 5 heteroatoms. The van der Waals surface area contributed by atoms with E-state index < -0.39 is 0 Å². The first-order chi connectivity index (χ1) is 8.78. The number of rotatable bonds is 3. The van der Waals surface area contributed by atoms with E-state index in [2.05, 4.69) is 0 Å². The molecule has 1 aromatic carbocycles. The fourth-order valence-electron chi connectivity index (χ4n) is 2.19. The Balaban J connectivity index is 1.83. The van der Waals surface area contributed by atoms with Gasteiger partial charge in [-0.15, -0.1) is 0 Å². The molecule has 0 bridgehead atoms. The van der Waals surface area contributed by atoms with Crippen molar-refractivity contribution in [3.05, 3.63) is 36.1 Å². The maximum absolute atomic E-state index is 11.6. The second-order valence-corrected chi connectivity index (χ2v) is 4.38. The number of carbonyl (C=O) groups excluding carboxylic acids is 1. The number of nitrogens with zero attached hydrogens (tertiary/aromatic N) is 1. The molecule has 94 valence electrons. The Labute approximate surface area is 104 Å². The lowest BCUT2D eigenvalue weighted by Gasteiger charge is -2.11. The SMILES string of the molecule is NCC1CN(Cc2coc3ccccc23)C(=O)O1. The zero-order valence-corrected chi connectivity index (χ0v) is 9.83. The molecule has 1 aliphatic rings. The summed E-state index contributed by atoms with van der Waals surface area (Å²) in [6, 6.07) is 7.76. The molecule has 0 aliphatic carbocycles. The van der Waals surface area contributed by atoms with E-state index in [0.717, 1.165) is 16.5 Å². The van der Waals surface area contributed by atoms with Crippen LogP contribution < -0.4 is 5.73 Å². The minimum atomic E-state index is -0.310. The lowest BCUT2D eigenvalue weighted by atomic mass is 10.1. The Kier molecular flexibility index (Phi) is 2.68. The molecule has 2 N–H and O–H groups in total. The fraction of sp³-hybridized carbons (Fsp3) is 0.308. The summed E-state index contributed by atoms with van der Waals surface area (Å²) in [6.45, 7) is 1.38. The largest absolute Gasteiger partial charge is 0.464 e. The van der Waals surface area contributed by atoms with Gasteiger partial charge in [0.1, 0.15) is 11.7 Å². The van der Waals surface area contributed by atoms with Crippen molar-refractivity contribution in [2.75, 3.05) is 13.1 Å². The van der Waals surface area contributed by atoms with E-state index in [1.165, 1.54) is 0 Å². The average Bonchev–Trinajstić information content (AvgIpc) is 2.95. The van der Waals surface area contributed by atoms with Crippen molar-refractivity contribution in [2.24, 2.45) is 5.73 Å². The molecule has 1 saturated heterocycles. The molecule has 1 aliphatic heterocycles. The monoisotopic (exact) mass is 246 g/mol. The van der Waals surface area contributed by atoms with Gasteiger partial charge in [-0.2, -0.15) is 0 Å². The highest BCUT2D eigenvalue weighted by molar-refractivity contribution is 5.81. The van der Waals surface area contributed by atoms with Gasteiger partial charge in [0.2, 0.25) is 0 Å². The summed E-state index contributed by atoms with van der Waals surface area (Å²) >= 11 is 0. The highest BCUT2D eigenvalue weighted by Crippen LogP contribution is 2.23. The van der Waals surface area contributed by atoms with Crippen molar-refractivity contribution in [3.63, 3.8) is 0 Å². The molecule has 1 amide bonds. The quantitative estimate of drug-likeness (QED) is 0.895. The van der Waals surface area contributed by atoms with Crippen LogP contribution in [0, 0.1) is 0 Å². The van der Waals surface area contributed by atoms with Crippen LogP contribution >= 0.6 is 0 Å². The number of hydrogen-bond acceptors (Lipinski definition) is 4. The Bertz CT molecular complexity index is 578. The molecule has 2 heterocycles. The number of nitrogens with two attached hydrogens (primary N) is 1. The van der Waals surface area contributed by atoms with Gasteiger partial charge >= 0.3 is 6.09 Å². The van der Waals surface area contributed by atoms with Crippen molar-refractivity contribution < 1.29 is 13.9 Å². The molecule has 1 atom stereocenters. The van der Waals surface area contributed by atoms with Crippen molar-refractivity contribution in [1.82, 2.24) is 4.90 Å². The van der Waals surface area contributed by atoms with Gasteiger partial charge in [-0.3, -0.25) is 4.90 Å². The van der Waals surface area contributed by atoms with Crippen LogP contribution in [0.5, 0.6) is 0 Å². The van der Waals surface area contributed by atoms with Crippen molar-refractivity contribution in [2.45, 2.75) is 12.6 Å². The third kappa shape index (κ3) is 1.82. The molecular formula is C13H14N2O3. The number of cyclic esters (lactones) is 1. The van der Waals surface area contributed by atoms with Gasteiger partial charge in [-0.1, -0.05) is 18.2 Å². The normalized spacial score (nSPS) is 19.5. The van der Waals surface area contributed by atoms with Gasteiger partial charge < -0.3 is 14.9 Å². The maximum atomic E-state index is 11.6. The summed E-state index contributed by atoms with van der Waals surface area (Å²) in [5, 5.41) is 1.03. The Morgan fingerprint density at radius 3 is 3.00 bits per heavy atom. The smallest absolute Gasteiger partial charge is 0.410 e. The number of benzene rings is 1. The van der Waals surface area contributed by atoms with Crippen LogP contribution in [0.25, 0.3) is 11.0 Å². The lowest BCUT2D eigenvalue weighted by Crippen LogP contribution is -2.27. The van der Waals surface area contributed by atoms with E-state index >= 15 is 0 Å². The van der Waals surface area contributed by atoms with E-state index in [1.54, 1.807) is 11.2 Å². The van der Waals surface area contributed by atoms with Crippen LogP contribution in [-0.4, -0.2) is 30.2 Å². The zero-order chi connectivity index (χ0) is 12.5. The molecule has 18 heavy (non-hydrogen) atoms. The van der Waals surface area contributed by atoms with Crippen molar-refractivity contribution >= 4 is 17.1 Å². The van der Waals surface area contributed by atoms with E-state index in [1.807, 2.05) is 24.3 Å². The number of furan rings is 1. The molecule has 5 nitrogen and oxygen atoms in total. The number of ether oxygens (including phenoxy) is 1. The van der Waals surface area contributed by atoms with Gasteiger partial charge in [0, 0.05) is 17.5 Å². The molecule has 0 radical (unpaired) electrons. The number of hydrogen-bond donors (Lipinski definition) is 1. The van der Waals surface area contributed by atoms with Crippen LogP contribution in [0.2, 0.25) is 0 Å². The first-order valence-corrected chi connectivity index (χ1v) is 5.88. The van der Waals surface area contributed by atoms with Crippen LogP contribution in [-0.2, 0) is 11.3 Å². The third-order valence-electron chi connectivity index (χ3n) is 3.13. The first-order valence-electron chi connectivity index (χ1n) is 5.88. The third-order valence-corrected chi connectivity index (χ3v) is 3.13. The average molecular weight is 246 g/mol. The molecule has 1 fully saturated rings. The summed E-state index contributed by atoms with van der Waals surface area (Å²) in [4.78, 5) is 13.3. The molecule has 1 aromatic heterocycles. The standard InChI is InChI=1S/C13H14N2O3/c14-5-10-7-15(13(16)18-10)6-9-8-17-12-4-2-1-3-11(9)12/h1-4,8,10H,5-7,14H2. The number of fused-ring (bicyclic) bond motifs is 1. The van der Waals surface area contributed by atoms with E-state index in [-0.39, 0.29) is 12.2 Å². The minimum absolute atomic E-state index is 0.198. The van der Waals surface area contributed by atoms with Gasteiger partial charge in [-0.25, -0.2) is 4.79 Å². The first kappa shape index (κ1) is 11.1. The highest BCUT2D eigenvalue weighted by atomic mass is 16.6. The zero-order valence-electron chi connectivity index (χ0n) is 9.83. The Morgan fingerprint density at radius 2 is 2.22 bits per heavy atom. The molecule has 3 rings (SSSR count). The van der Waals surface area contributed by atoms with E-state index in [9.17, 15) is 4.79 Å². The molecule has 2 aromatic rings. The summed E-state index contributed by atoms with van der Waals surface area (Å²) in [7, 11) is 0. The fourth-order valence-corrected chi connectivity index (χ4v) is 2.19. The summed E-state index contributed by atoms with van der Waals surface area (Å²) < 4.78 is 10.6. The summed E-state index contributed by atoms with van der Waals surface area (Å²) in [5.74, 6) is 0. The molecular weight excluding hydrogens is 232 g/mol. The van der Waals surface area contributed by atoms with Crippen LogP contribution in [0.15, 0.2) is 34.9 Å². The van der Waals surface area contributed by atoms with E-state index in [4.69, 9.17) is 14.9 Å². The van der Waals surface area contributed by atoms with Crippen LogP contribution in [0.3, 0.4) is 0 Å². The summed E-state index contributed by atoms with van der Waals surface area (Å²) in [6.07, 6.45) is 1.18. The van der Waals surface area contributed by atoms with Crippen LogP contribution in [0.1, 0.15) is 5.56 Å². The Hall–Kier alpha value is -2.01. The molecule has 0 spiro atoms. The van der Waals surface area contributed by atoms with Crippen molar-refractivity contribution in [3.8, 4) is 0 Å². The number of para-hydroxylation sites is 1. The topological polar surface area (TPSA) is 68.7 Å². The molecule has 1 unspecified atom stereocenters. The van der Waals surface area contributed by atoms with Gasteiger partial charge in [-0.05, 0) is 6.07 Å². The number of amides is 1. The second kappa shape index (κ2) is 4.34. The molecule has 0 saturated carbocycles. The van der Waals surface area contributed by atoms with Gasteiger partial charge in [0.25, 0.3) is 0 Å². The Morgan fingerprint density at radius 1 is 1.39 bits per heavy atom. The van der Waals surface area contributed by atoms with E-state index in [0.29, 0.717) is 19.6 Å². The summed E-state index contributed by atoms with van der Waals surface area (Å²) in [5.41, 5.74) is 7.32. The second-order valence-electron chi connectivity index (χ2n) is 4.38.